The van der Waals surface area contributed by atoms with Crippen LogP contribution in [-0.4, -0.2) is 18.8 Å². The number of hydrogen-bond acceptors (Lipinski definition) is 2. The third-order valence-corrected chi connectivity index (χ3v) is 4.99. The van der Waals surface area contributed by atoms with Crippen LogP contribution in [-0.2, 0) is 10.9 Å². The van der Waals surface area contributed by atoms with Crippen LogP contribution in [0, 0.1) is 5.41 Å². The summed E-state index contributed by atoms with van der Waals surface area (Å²) in [6.45, 7) is 2.72. The van der Waals surface area contributed by atoms with E-state index in [9.17, 15) is 13.2 Å². The number of alkyl halides is 3. The summed E-state index contributed by atoms with van der Waals surface area (Å²) in [5.41, 5.74) is 0.361. The molecule has 0 amide bonds. The molecule has 0 aromatic heterocycles. The number of hydrogen-bond donors (Lipinski definition) is 1. The van der Waals surface area contributed by atoms with Crippen molar-refractivity contribution in [2.45, 2.75) is 50.9 Å². The second-order valence-corrected chi connectivity index (χ2v) is 6.04. The van der Waals surface area contributed by atoms with Crippen LogP contribution in [0.25, 0.3) is 0 Å². The average Bonchev–Trinajstić information content (AvgIpc) is 2.35. The molecule has 5 heteroatoms. The smallest absolute Gasteiger partial charge is 0.382 e. The van der Waals surface area contributed by atoms with Crippen molar-refractivity contribution in [2.75, 3.05) is 11.9 Å². The van der Waals surface area contributed by atoms with Crippen molar-refractivity contribution in [3.05, 3.63) is 29.8 Å². The summed E-state index contributed by atoms with van der Waals surface area (Å²) in [7, 11) is 0. The first-order valence-corrected chi connectivity index (χ1v) is 7.51. The first kappa shape index (κ1) is 14.7. The Bertz CT molecular complexity index is 493. The van der Waals surface area contributed by atoms with Crippen molar-refractivity contribution in [3.63, 3.8) is 0 Å². The predicted octanol–water partition coefficient (Wildman–Crippen LogP) is 4.47. The van der Waals surface area contributed by atoms with Gasteiger partial charge >= 0.3 is 6.18 Å². The molecule has 2 saturated carbocycles. The predicted molar refractivity (Wildman–Crippen MR) is 75.2 cm³/mol. The summed E-state index contributed by atoms with van der Waals surface area (Å²) in [4.78, 5) is 0. The third-order valence-electron chi connectivity index (χ3n) is 4.99. The minimum absolute atomic E-state index is 0.207. The number of halogens is 3. The lowest BCUT2D eigenvalue weighted by Gasteiger charge is -2.61. The Kier molecular flexibility index (Phi) is 3.64. The van der Waals surface area contributed by atoms with Crippen LogP contribution in [0.5, 0.6) is 0 Å². The van der Waals surface area contributed by atoms with Crippen molar-refractivity contribution in [1.29, 1.82) is 0 Å². The van der Waals surface area contributed by atoms with Crippen LogP contribution in [0.1, 0.15) is 38.2 Å². The normalized spacial score (nSPS) is 27.0. The molecule has 3 rings (SSSR count). The molecule has 0 radical (unpaired) electrons. The highest BCUT2D eigenvalue weighted by molar-refractivity contribution is 5.47. The van der Waals surface area contributed by atoms with E-state index in [1.54, 1.807) is 0 Å². The standard InChI is InChI=1S/C16H20F3NO/c1-2-21-14-10-13(15(14)8-3-9-15)20-12-6-4-11(5-7-12)16(17,18)19/h4-7,13-14,20H,2-3,8-10H2,1H3. The molecule has 21 heavy (non-hydrogen) atoms. The largest absolute Gasteiger partial charge is 0.416 e. The van der Waals surface area contributed by atoms with E-state index in [0.717, 1.165) is 43.7 Å². The fourth-order valence-electron chi connectivity index (χ4n) is 3.60. The Morgan fingerprint density at radius 1 is 1.24 bits per heavy atom. The second-order valence-electron chi connectivity index (χ2n) is 6.04. The first-order chi connectivity index (χ1) is 9.95. The molecule has 2 atom stereocenters. The monoisotopic (exact) mass is 299 g/mol. The second kappa shape index (κ2) is 5.20. The molecular formula is C16H20F3NO. The summed E-state index contributed by atoms with van der Waals surface area (Å²) in [5, 5.41) is 3.39. The lowest BCUT2D eigenvalue weighted by molar-refractivity contribution is -0.157. The fraction of sp³-hybridized carbons (Fsp3) is 0.625. The zero-order chi connectivity index (χ0) is 15.1. The van der Waals surface area contributed by atoms with E-state index in [1.165, 1.54) is 18.6 Å². The van der Waals surface area contributed by atoms with Gasteiger partial charge in [0.15, 0.2) is 0 Å². The van der Waals surface area contributed by atoms with Crippen LogP contribution in [0.2, 0.25) is 0 Å². The van der Waals surface area contributed by atoms with Gasteiger partial charge in [-0.25, -0.2) is 0 Å². The number of benzene rings is 1. The van der Waals surface area contributed by atoms with Gasteiger partial charge in [0, 0.05) is 23.8 Å². The molecule has 1 aromatic rings. The quantitative estimate of drug-likeness (QED) is 0.886. The molecule has 0 aliphatic heterocycles. The number of ether oxygens (including phenoxy) is 1. The lowest BCUT2D eigenvalue weighted by atomic mass is 9.51. The third kappa shape index (κ3) is 2.52. The average molecular weight is 299 g/mol. The van der Waals surface area contributed by atoms with Gasteiger partial charge in [0.1, 0.15) is 0 Å². The Balaban J connectivity index is 1.65. The summed E-state index contributed by atoms with van der Waals surface area (Å²) >= 11 is 0. The minimum atomic E-state index is -4.27. The highest BCUT2D eigenvalue weighted by atomic mass is 19.4. The Hall–Kier alpha value is -1.23. The van der Waals surface area contributed by atoms with E-state index in [2.05, 4.69) is 5.32 Å². The molecule has 1 aromatic carbocycles. The number of nitrogens with one attached hydrogen (secondary N) is 1. The Labute approximate surface area is 122 Å². The van der Waals surface area contributed by atoms with Gasteiger partial charge in [0.05, 0.1) is 11.7 Å². The fourth-order valence-corrected chi connectivity index (χ4v) is 3.60. The molecule has 1 N–H and O–H groups in total. The van der Waals surface area contributed by atoms with Gasteiger partial charge in [-0.15, -0.1) is 0 Å². The van der Waals surface area contributed by atoms with Gasteiger partial charge in [0.2, 0.25) is 0 Å². The molecule has 0 saturated heterocycles. The maximum absolute atomic E-state index is 12.5. The maximum atomic E-state index is 12.5. The molecule has 116 valence electrons. The topological polar surface area (TPSA) is 21.3 Å². The van der Waals surface area contributed by atoms with Crippen molar-refractivity contribution in [3.8, 4) is 0 Å². The van der Waals surface area contributed by atoms with Gasteiger partial charge in [-0.2, -0.15) is 13.2 Å². The molecule has 2 unspecified atom stereocenters. The molecule has 1 spiro atoms. The summed E-state index contributed by atoms with van der Waals surface area (Å²) < 4.78 is 43.4. The van der Waals surface area contributed by atoms with E-state index in [0.29, 0.717) is 12.1 Å². The van der Waals surface area contributed by atoms with Crippen molar-refractivity contribution >= 4 is 5.69 Å². The van der Waals surface area contributed by atoms with Gasteiger partial charge < -0.3 is 10.1 Å². The van der Waals surface area contributed by atoms with E-state index in [4.69, 9.17) is 4.74 Å². The van der Waals surface area contributed by atoms with E-state index < -0.39 is 11.7 Å². The molecule has 2 aliphatic rings. The summed E-state index contributed by atoms with van der Waals surface area (Å²) in [6.07, 6.45) is 0.489. The molecule has 2 aliphatic carbocycles. The van der Waals surface area contributed by atoms with Gasteiger partial charge in [-0.3, -0.25) is 0 Å². The van der Waals surface area contributed by atoms with E-state index >= 15 is 0 Å². The van der Waals surface area contributed by atoms with Gasteiger partial charge in [-0.1, -0.05) is 6.42 Å². The van der Waals surface area contributed by atoms with Crippen LogP contribution in [0.15, 0.2) is 24.3 Å². The Morgan fingerprint density at radius 2 is 1.90 bits per heavy atom. The summed E-state index contributed by atoms with van der Waals surface area (Å²) in [6, 6.07) is 5.62. The van der Waals surface area contributed by atoms with Gasteiger partial charge in [0.25, 0.3) is 0 Å². The first-order valence-electron chi connectivity index (χ1n) is 7.51. The summed E-state index contributed by atoms with van der Waals surface area (Å²) in [5.74, 6) is 0. The van der Waals surface area contributed by atoms with Gasteiger partial charge in [-0.05, 0) is 50.5 Å². The molecule has 2 fully saturated rings. The minimum Gasteiger partial charge on any atom is -0.382 e. The van der Waals surface area contributed by atoms with Crippen LogP contribution in [0.4, 0.5) is 18.9 Å². The molecule has 2 nitrogen and oxygen atoms in total. The number of anilines is 1. The lowest BCUT2D eigenvalue weighted by Crippen LogP contribution is -2.64. The van der Waals surface area contributed by atoms with E-state index in [-0.39, 0.29) is 5.41 Å². The number of rotatable bonds is 4. The van der Waals surface area contributed by atoms with Crippen molar-refractivity contribution in [2.24, 2.45) is 5.41 Å². The molecular weight excluding hydrogens is 279 g/mol. The van der Waals surface area contributed by atoms with Crippen molar-refractivity contribution < 1.29 is 17.9 Å². The van der Waals surface area contributed by atoms with Crippen LogP contribution in [0.3, 0.4) is 0 Å². The highest BCUT2D eigenvalue weighted by Gasteiger charge is 2.58. The highest BCUT2D eigenvalue weighted by Crippen LogP contribution is 2.58. The van der Waals surface area contributed by atoms with E-state index in [1.807, 2.05) is 6.92 Å². The maximum Gasteiger partial charge on any atom is 0.416 e. The molecule has 0 heterocycles. The zero-order valence-corrected chi connectivity index (χ0v) is 12.0. The Morgan fingerprint density at radius 3 is 2.38 bits per heavy atom. The zero-order valence-electron chi connectivity index (χ0n) is 12.0. The van der Waals surface area contributed by atoms with Crippen molar-refractivity contribution in [1.82, 2.24) is 0 Å². The van der Waals surface area contributed by atoms with Crippen LogP contribution >= 0.6 is 0 Å². The molecule has 0 bridgehead atoms. The SMILES string of the molecule is CCOC1CC(Nc2ccc(C(F)(F)F)cc2)C12CCC2. The van der Waals surface area contributed by atoms with Crippen LogP contribution < -0.4 is 5.32 Å².